The highest BCUT2D eigenvalue weighted by Crippen LogP contribution is 2.16. The molecule has 0 saturated carbocycles. The molecule has 1 saturated heterocycles. The highest BCUT2D eigenvalue weighted by Gasteiger charge is 2.15. The van der Waals surface area contributed by atoms with E-state index >= 15 is 0 Å². The SMILES string of the molecule is COc1ccc(CCN2CCCC(C)C2)cc1. The molecule has 1 aromatic carbocycles. The van der Waals surface area contributed by atoms with Crippen LogP contribution < -0.4 is 4.74 Å². The summed E-state index contributed by atoms with van der Waals surface area (Å²) in [5.74, 6) is 1.82. The van der Waals surface area contributed by atoms with Gasteiger partial charge in [0.25, 0.3) is 0 Å². The number of likely N-dealkylation sites (tertiary alicyclic amines) is 1. The topological polar surface area (TPSA) is 12.5 Å². The fraction of sp³-hybridized carbons (Fsp3) is 0.600. The average Bonchev–Trinajstić information content (AvgIpc) is 2.37. The Balaban J connectivity index is 1.80. The van der Waals surface area contributed by atoms with Crippen molar-refractivity contribution in [3.63, 3.8) is 0 Å². The number of piperidine rings is 1. The van der Waals surface area contributed by atoms with Crippen molar-refractivity contribution in [2.45, 2.75) is 26.2 Å². The lowest BCUT2D eigenvalue weighted by Gasteiger charge is -2.30. The van der Waals surface area contributed by atoms with Crippen LogP contribution in [0.2, 0.25) is 0 Å². The molecule has 0 amide bonds. The molecule has 0 spiro atoms. The highest BCUT2D eigenvalue weighted by molar-refractivity contribution is 5.27. The van der Waals surface area contributed by atoms with E-state index in [1.807, 2.05) is 12.1 Å². The zero-order valence-electron chi connectivity index (χ0n) is 11.0. The molecule has 0 aromatic heterocycles. The third-order valence-corrected chi connectivity index (χ3v) is 3.62. The third-order valence-electron chi connectivity index (χ3n) is 3.62. The molecule has 1 unspecified atom stereocenters. The summed E-state index contributed by atoms with van der Waals surface area (Å²) in [6, 6.07) is 8.45. The molecule has 2 nitrogen and oxygen atoms in total. The molecule has 17 heavy (non-hydrogen) atoms. The van der Waals surface area contributed by atoms with Gasteiger partial charge in [0.1, 0.15) is 5.75 Å². The van der Waals surface area contributed by atoms with E-state index in [0.29, 0.717) is 0 Å². The van der Waals surface area contributed by atoms with Crippen molar-refractivity contribution >= 4 is 0 Å². The molecule has 0 N–H and O–H groups in total. The molecule has 1 atom stereocenters. The summed E-state index contributed by atoms with van der Waals surface area (Å²) in [7, 11) is 1.71. The monoisotopic (exact) mass is 233 g/mol. The van der Waals surface area contributed by atoms with Crippen LogP contribution in [0.3, 0.4) is 0 Å². The van der Waals surface area contributed by atoms with E-state index in [1.165, 1.54) is 38.0 Å². The standard InChI is InChI=1S/C15H23NO/c1-13-4-3-10-16(12-13)11-9-14-5-7-15(17-2)8-6-14/h5-8,13H,3-4,9-12H2,1-2H3. The molecule has 0 aliphatic carbocycles. The van der Waals surface area contributed by atoms with Crippen molar-refractivity contribution < 1.29 is 4.74 Å². The maximum atomic E-state index is 5.17. The van der Waals surface area contributed by atoms with Crippen LogP contribution in [0, 0.1) is 5.92 Å². The minimum absolute atomic E-state index is 0.875. The first-order valence-electron chi connectivity index (χ1n) is 6.63. The molecule has 2 rings (SSSR count). The van der Waals surface area contributed by atoms with Gasteiger partial charge in [0.05, 0.1) is 7.11 Å². The lowest BCUT2D eigenvalue weighted by Crippen LogP contribution is -2.35. The second-order valence-electron chi connectivity index (χ2n) is 5.15. The van der Waals surface area contributed by atoms with Gasteiger partial charge in [-0.3, -0.25) is 0 Å². The van der Waals surface area contributed by atoms with Crippen molar-refractivity contribution in [2.24, 2.45) is 5.92 Å². The Morgan fingerprint density at radius 1 is 1.29 bits per heavy atom. The molecule has 0 bridgehead atoms. The average molecular weight is 233 g/mol. The van der Waals surface area contributed by atoms with Crippen molar-refractivity contribution in [1.82, 2.24) is 4.90 Å². The molecule has 1 heterocycles. The van der Waals surface area contributed by atoms with Gasteiger partial charge in [0.2, 0.25) is 0 Å². The smallest absolute Gasteiger partial charge is 0.118 e. The molecule has 1 fully saturated rings. The quantitative estimate of drug-likeness (QED) is 0.792. The highest BCUT2D eigenvalue weighted by atomic mass is 16.5. The van der Waals surface area contributed by atoms with Gasteiger partial charge in [-0.25, -0.2) is 0 Å². The lowest BCUT2D eigenvalue weighted by atomic mass is 10.00. The van der Waals surface area contributed by atoms with Gasteiger partial charge in [0, 0.05) is 13.1 Å². The van der Waals surface area contributed by atoms with Gasteiger partial charge < -0.3 is 9.64 Å². The van der Waals surface area contributed by atoms with Crippen LogP contribution in [0.1, 0.15) is 25.3 Å². The Morgan fingerprint density at radius 2 is 2.06 bits per heavy atom. The Bertz CT molecular complexity index is 333. The fourth-order valence-electron chi connectivity index (χ4n) is 2.57. The van der Waals surface area contributed by atoms with Gasteiger partial charge in [-0.1, -0.05) is 19.1 Å². The molecule has 94 valence electrons. The number of hydrogen-bond donors (Lipinski definition) is 0. The van der Waals surface area contributed by atoms with Gasteiger partial charge in [-0.15, -0.1) is 0 Å². The lowest BCUT2D eigenvalue weighted by molar-refractivity contribution is 0.186. The Kier molecular flexibility index (Phi) is 4.43. The Hall–Kier alpha value is -1.02. The van der Waals surface area contributed by atoms with E-state index in [1.54, 1.807) is 7.11 Å². The normalized spacial score (nSPS) is 21.4. The maximum Gasteiger partial charge on any atom is 0.118 e. The Labute approximate surface area is 105 Å². The van der Waals surface area contributed by atoms with E-state index in [0.717, 1.165) is 18.1 Å². The summed E-state index contributed by atoms with van der Waals surface area (Å²) >= 11 is 0. The van der Waals surface area contributed by atoms with Crippen LogP contribution in [0.25, 0.3) is 0 Å². The zero-order valence-corrected chi connectivity index (χ0v) is 11.0. The minimum Gasteiger partial charge on any atom is -0.497 e. The molecule has 2 heteroatoms. The van der Waals surface area contributed by atoms with Gasteiger partial charge in [-0.2, -0.15) is 0 Å². The summed E-state index contributed by atoms with van der Waals surface area (Å²) in [5, 5.41) is 0. The number of rotatable bonds is 4. The number of methoxy groups -OCH3 is 1. The third kappa shape index (κ3) is 3.74. The number of nitrogens with zero attached hydrogens (tertiary/aromatic N) is 1. The zero-order chi connectivity index (χ0) is 12.1. The molecule has 1 aliphatic rings. The predicted octanol–water partition coefficient (Wildman–Crippen LogP) is 2.97. The van der Waals surface area contributed by atoms with E-state index in [2.05, 4.69) is 24.0 Å². The number of ether oxygens (including phenoxy) is 1. The number of hydrogen-bond acceptors (Lipinski definition) is 2. The summed E-state index contributed by atoms with van der Waals surface area (Å²) in [6.45, 7) is 6.10. The number of benzene rings is 1. The van der Waals surface area contributed by atoms with Gasteiger partial charge in [-0.05, 0) is 49.4 Å². The van der Waals surface area contributed by atoms with E-state index in [-0.39, 0.29) is 0 Å². The Morgan fingerprint density at radius 3 is 2.71 bits per heavy atom. The van der Waals surface area contributed by atoms with Crippen molar-refractivity contribution in [3.05, 3.63) is 29.8 Å². The molecule has 1 aliphatic heterocycles. The predicted molar refractivity (Wildman–Crippen MR) is 71.5 cm³/mol. The maximum absolute atomic E-state index is 5.17. The van der Waals surface area contributed by atoms with Crippen LogP contribution in [-0.4, -0.2) is 31.6 Å². The van der Waals surface area contributed by atoms with E-state index in [4.69, 9.17) is 4.74 Å². The van der Waals surface area contributed by atoms with Crippen molar-refractivity contribution in [1.29, 1.82) is 0 Å². The van der Waals surface area contributed by atoms with Crippen molar-refractivity contribution in [2.75, 3.05) is 26.7 Å². The van der Waals surface area contributed by atoms with Crippen LogP contribution >= 0.6 is 0 Å². The van der Waals surface area contributed by atoms with Gasteiger partial charge >= 0.3 is 0 Å². The van der Waals surface area contributed by atoms with Crippen LogP contribution in [0.5, 0.6) is 5.75 Å². The second kappa shape index (κ2) is 6.06. The van der Waals surface area contributed by atoms with Crippen molar-refractivity contribution in [3.8, 4) is 5.75 Å². The largest absolute Gasteiger partial charge is 0.497 e. The first-order chi connectivity index (χ1) is 8.28. The first-order valence-corrected chi connectivity index (χ1v) is 6.63. The molecule has 1 aromatic rings. The molecular weight excluding hydrogens is 210 g/mol. The summed E-state index contributed by atoms with van der Waals surface area (Å²) in [5.41, 5.74) is 1.41. The summed E-state index contributed by atoms with van der Waals surface area (Å²) < 4.78 is 5.17. The molecule has 0 radical (unpaired) electrons. The van der Waals surface area contributed by atoms with Crippen LogP contribution in [-0.2, 0) is 6.42 Å². The molecular formula is C15H23NO. The van der Waals surface area contributed by atoms with E-state index < -0.39 is 0 Å². The fourth-order valence-corrected chi connectivity index (χ4v) is 2.57. The van der Waals surface area contributed by atoms with Crippen LogP contribution in [0.15, 0.2) is 24.3 Å². The van der Waals surface area contributed by atoms with Gasteiger partial charge in [0.15, 0.2) is 0 Å². The second-order valence-corrected chi connectivity index (χ2v) is 5.15. The van der Waals surface area contributed by atoms with Crippen LogP contribution in [0.4, 0.5) is 0 Å². The summed E-state index contributed by atoms with van der Waals surface area (Å²) in [4.78, 5) is 2.60. The first kappa shape index (κ1) is 12.4. The van der Waals surface area contributed by atoms with E-state index in [9.17, 15) is 0 Å². The summed E-state index contributed by atoms with van der Waals surface area (Å²) in [6.07, 6.45) is 3.92. The minimum atomic E-state index is 0.875.